The number of ketones is 1. The first-order valence-electron chi connectivity index (χ1n) is 8.23. The fraction of sp³-hybridized carbons (Fsp3) is 0.263. The van der Waals surface area contributed by atoms with E-state index in [1.165, 1.54) is 29.2 Å². The molecule has 0 atom stereocenters. The van der Waals surface area contributed by atoms with Crippen LogP contribution in [-0.4, -0.2) is 43.3 Å². The third-order valence-corrected chi connectivity index (χ3v) is 6.80. The first kappa shape index (κ1) is 18.6. The Bertz CT molecular complexity index is 904. The third-order valence-electron chi connectivity index (χ3n) is 4.44. The first-order chi connectivity index (χ1) is 12.4. The molecule has 0 radical (unpaired) electrons. The van der Waals surface area contributed by atoms with Gasteiger partial charge < -0.3 is 4.90 Å². The second-order valence-corrected chi connectivity index (χ2v) is 8.87. The predicted octanol–water partition coefficient (Wildman–Crippen LogP) is 2.99. The molecule has 0 spiro atoms. The van der Waals surface area contributed by atoms with Crippen LogP contribution in [0.4, 0.5) is 0 Å². The molecule has 2 aromatic carbocycles. The number of amides is 1. The molecule has 7 heteroatoms. The van der Waals surface area contributed by atoms with Gasteiger partial charge in [-0.1, -0.05) is 41.9 Å². The maximum Gasteiger partial charge on any atom is 0.223 e. The summed E-state index contributed by atoms with van der Waals surface area (Å²) in [5.41, 5.74) is 0.576. The van der Waals surface area contributed by atoms with Gasteiger partial charge >= 0.3 is 0 Å². The van der Waals surface area contributed by atoms with Crippen molar-refractivity contribution in [3.8, 4) is 0 Å². The minimum Gasteiger partial charge on any atom is -0.340 e. The van der Waals surface area contributed by atoms with E-state index in [1.807, 2.05) is 6.07 Å². The van der Waals surface area contributed by atoms with Crippen molar-refractivity contribution in [3.63, 3.8) is 0 Å². The lowest BCUT2D eigenvalue weighted by Crippen LogP contribution is -2.56. The zero-order valence-corrected chi connectivity index (χ0v) is 15.5. The molecule has 1 aliphatic heterocycles. The Hall–Kier alpha value is -2.18. The second-order valence-electron chi connectivity index (χ2n) is 6.21. The Labute approximate surface area is 157 Å². The summed E-state index contributed by atoms with van der Waals surface area (Å²) in [6.07, 6.45) is 0.204. The first-order valence-corrected chi connectivity index (χ1v) is 10.2. The summed E-state index contributed by atoms with van der Waals surface area (Å²) in [4.78, 5) is 25.9. The fourth-order valence-electron chi connectivity index (χ4n) is 2.80. The Balaban J connectivity index is 1.52. The van der Waals surface area contributed by atoms with Crippen LogP contribution in [0, 0.1) is 0 Å². The van der Waals surface area contributed by atoms with Crippen LogP contribution in [-0.2, 0) is 14.6 Å². The van der Waals surface area contributed by atoms with Crippen molar-refractivity contribution in [3.05, 3.63) is 65.2 Å². The van der Waals surface area contributed by atoms with Gasteiger partial charge in [0.25, 0.3) is 0 Å². The van der Waals surface area contributed by atoms with E-state index in [-0.39, 0.29) is 42.5 Å². The predicted molar refractivity (Wildman–Crippen MR) is 99.0 cm³/mol. The lowest BCUT2D eigenvalue weighted by Gasteiger charge is -2.38. The van der Waals surface area contributed by atoms with Crippen LogP contribution in [0.15, 0.2) is 59.5 Å². The van der Waals surface area contributed by atoms with Gasteiger partial charge in [0.05, 0.1) is 4.90 Å². The fourth-order valence-corrected chi connectivity index (χ4v) is 4.58. The van der Waals surface area contributed by atoms with E-state index in [0.29, 0.717) is 10.6 Å². The van der Waals surface area contributed by atoms with E-state index in [1.54, 1.807) is 24.3 Å². The molecule has 5 nitrogen and oxygen atoms in total. The van der Waals surface area contributed by atoms with E-state index in [4.69, 9.17) is 11.6 Å². The number of carbonyl (C=O) groups is 2. The molecule has 1 aliphatic rings. The van der Waals surface area contributed by atoms with E-state index < -0.39 is 15.1 Å². The Morgan fingerprint density at radius 3 is 2.19 bits per heavy atom. The molecule has 0 bridgehead atoms. The topological polar surface area (TPSA) is 71.5 Å². The molecule has 0 N–H and O–H groups in total. The van der Waals surface area contributed by atoms with Crippen LogP contribution in [0.25, 0.3) is 0 Å². The minimum atomic E-state index is -3.48. The van der Waals surface area contributed by atoms with Crippen molar-refractivity contribution in [2.75, 3.05) is 13.1 Å². The highest BCUT2D eigenvalue weighted by Crippen LogP contribution is 2.25. The third kappa shape index (κ3) is 3.97. The van der Waals surface area contributed by atoms with Gasteiger partial charge in [-0.2, -0.15) is 0 Å². The maximum absolute atomic E-state index is 12.5. The molecule has 1 fully saturated rings. The van der Waals surface area contributed by atoms with Crippen LogP contribution in [0.3, 0.4) is 0 Å². The maximum atomic E-state index is 12.5. The highest BCUT2D eigenvalue weighted by Gasteiger charge is 2.40. The zero-order chi connectivity index (χ0) is 18.7. The number of carbonyl (C=O) groups excluding carboxylic acids is 2. The molecular weight excluding hydrogens is 374 g/mol. The number of nitrogens with zero attached hydrogens (tertiary/aromatic N) is 1. The molecule has 0 unspecified atom stereocenters. The number of likely N-dealkylation sites (tertiary alicyclic amines) is 1. The van der Waals surface area contributed by atoms with Crippen molar-refractivity contribution < 1.29 is 18.0 Å². The molecule has 1 heterocycles. The van der Waals surface area contributed by atoms with Gasteiger partial charge in [0.2, 0.25) is 5.91 Å². The van der Waals surface area contributed by atoms with Gasteiger partial charge in [-0.15, -0.1) is 0 Å². The minimum absolute atomic E-state index is 0.0848. The molecule has 1 saturated heterocycles. The van der Waals surface area contributed by atoms with Gasteiger partial charge in [-0.25, -0.2) is 8.42 Å². The van der Waals surface area contributed by atoms with Crippen molar-refractivity contribution in [1.29, 1.82) is 0 Å². The van der Waals surface area contributed by atoms with E-state index in [9.17, 15) is 18.0 Å². The monoisotopic (exact) mass is 391 g/mol. The van der Waals surface area contributed by atoms with Gasteiger partial charge in [0, 0.05) is 36.5 Å². The van der Waals surface area contributed by atoms with Crippen LogP contribution >= 0.6 is 11.6 Å². The molecule has 26 heavy (non-hydrogen) atoms. The summed E-state index contributed by atoms with van der Waals surface area (Å²) in [5, 5.41) is -0.144. The van der Waals surface area contributed by atoms with Gasteiger partial charge in [-0.05, 0) is 24.3 Å². The number of hydrogen-bond acceptors (Lipinski definition) is 4. The smallest absolute Gasteiger partial charge is 0.223 e. The van der Waals surface area contributed by atoms with E-state index in [0.717, 1.165) is 0 Å². The lowest BCUT2D eigenvalue weighted by atomic mass is 10.1. The largest absolute Gasteiger partial charge is 0.340 e. The van der Waals surface area contributed by atoms with Gasteiger partial charge in [0.1, 0.15) is 5.25 Å². The average Bonchev–Trinajstić information content (AvgIpc) is 2.59. The molecule has 0 aliphatic carbocycles. The number of benzene rings is 2. The van der Waals surface area contributed by atoms with E-state index >= 15 is 0 Å². The Morgan fingerprint density at radius 2 is 1.58 bits per heavy atom. The SMILES string of the molecule is O=C(CCC(=O)N1CC(S(=O)(=O)c2ccc(Cl)cc2)C1)c1ccccc1. The molecular formula is C19H18ClNO4S. The van der Waals surface area contributed by atoms with E-state index in [2.05, 4.69) is 0 Å². The van der Waals surface area contributed by atoms with Crippen molar-refractivity contribution in [2.45, 2.75) is 23.0 Å². The van der Waals surface area contributed by atoms with Gasteiger partial charge in [0.15, 0.2) is 15.6 Å². The second kappa shape index (κ2) is 7.60. The summed E-state index contributed by atoms with van der Waals surface area (Å²) in [6.45, 7) is 0.312. The van der Waals surface area contributed by atoms with Crippen LogP contribution in [0.5, 0.6) is 0 Å². The van der Waals surface area contributed by atoms with Crippen molar-refractivity contribution >= 4 is 33.1 Å². The summed E-state index contributed by atoms with van der Waals surface area (Å²) in [5.74, 6) is -0.290. The normalized spacial score (nSPS) is 14.7. The Morgan fingerprint density at radius 1 is 0.962 bits per heavy atom. The zero-order valence-electron chi connectivity index (χ0n) is 14.0. The van der Waals surface area contributed by atoms with Crippen LogP contribution in [0.2, 0.25) is 5.02 Å². The Kier molecular flexibility index (Phi) is 5.44. The van der Waals surface area contributed by atoms with Crippen molar-refractivity contribution in [1.82, 2.24) is 4.90 Å². The molecule has 2 aromatic rings. The highest BCUT2D eigenvalue weighted by molar-refractivity contribution is 7.92. The summed E-state index contributed by atoms with van der Waals surface area (Å²) in [6, 6.07) is 14.8. The molecule has 136 valence electrons. The number of hydrogen-bond donors (Lipinski definition) is 0. The number of halogens is 1. The highest BCUT2D eigenvalue weighted by atomic mass is 35.5. The lowest BCUT2D eigenvalue weighted by molar-refractivity contribution is -0.134. The summed E-state index contributed by atoms with van der Waals surface area (Å²) >= 11 is 5.78. The number of rotatable bonds is 6. The average molecular weight is 392 g/mol. The molecule has 1 amide bonds. The quantitative estimate of drug-likeness (QED) is 0.710. The molecule has 0 aromatic heterocycles. The summed E-state index contributed by atoms with van der Waals surface area (Å²) < 4.78 is 25.0. The summed E-state index contributed by atoms with van der Waals surface area (Å²) in [7, 11) is -3.48. The molecule has 3 rings (SSSR count). The number of Topliss-reactive ketones (excluding diaryl/α,β-unsaturated/α-hetero) is 1. The van der Waals surface area contributed by atoms with Crippen LogP contribution < -0.4 is 0 Å². The standard InChI is InChI=1S/C19H18ClNO4S/c20-15-6-8-16(9-7-15)26(24,25)17-12-21(13-17)19(23)11-10-18(22)14-4-2-1-3-5-14/h1-9,17H,10-13H2. The van der Waals surface area contributed by atoms with Crippen LogP contribution in [0.1, 0.15) is 23.2 Å². The van der Waals surface area contributed by atoms with Gasteiger partial charge in [-0.3, -0.25) is 9.59 Å². The van der Waals surface area contributed by atoms with Crippen molar-refractivity contribution in [2.24, 2.45) is 0 Å². The number of sulfone groups is 1. The molecule has 0 saturated carbocycles.